The molecular weight excluding hydrogens is 142 g/mol. The molecule has 0 aliphatic rings. The van der Waals surface area contributed by atoms with E-state index in [9.17, 15) is 5.11 Å². The van der Waals surface area contributed by atoms with Crippen molar-refractivity contribution in [3.05, 3.63) is 18.5 Å². The van der Waals surface area contributed by atoms with E-state index in [4.69, 9.17) is 4.74 Å². The van der Waals surface area contributed by atoms with E-state index >= 15 is 0 Å². The van der Waals surface area contributed by atoms with Gasteiger partial charge in [0.25, 0.3) is 0 Å². The van der Waals surface area contributed by atoms with E-state index in [-0.39, 0.29) is 11.9 Å². The fraction of sp³-hybridized carbons (Fsp3) is 0.375. The van der Waals surface area contributed by atoms with Gasteiger partial charge >= 0.3 is 0 Å². The zero-order valence-corrected chi connectivity index (χ0v) is 6.61. The molecule has 0 spiro atoms. The molecule has 1 heterocycles. The zero-order chi connectivity index (χ0) is 8.27. The molecule has 0 fully saturated rings. The number of rotatable bonds is 2. The normalized spacial score (nSPS) is 10.1. The molecule has 0 saturated heterocycles. The molecule has 1 aromatic rings. The number of ether oxygens (including phenoxy) is 1. The van der Waals surface area contributed by atoms with E-state index in [1.165, 1.54) is 6.20 Å². The lowest BCUT2D eigenvalue weighted by Crippen LogP contribution is -2.05. The minimum Gasteiger partial charge on any atom is -0.503 e. The Bertz CT molecular complexity index is 235. The first-order valence-corrected chi connectivity index (χ1v) is 3.50. The van der Waals surface area contributed by atoms with Crippen molar-refractivity contribution in [3.63, 3.8) is 0 Å². The van der Waals surface area contributed by atoms with Gasteiger partial charge in [-0.1, -0.05) is 0 Å². The number of hydrogen-bond donors (Lipinski definition) is 1. The Morgan fingerprint density at radius 3 is 2.82 bits per heavy atom. The molecule has 60 valence electrons. The van der Waals surface area contributed by atoms with Crippen molar-refractivity contribution in [3.8, 4) is 11.5 Å². The average molecular weight is 153 g/mol. The smallest absolute Gasteiger partial charge is 0.176 e. The topological polar surface area (TPSA) is 42.4 Å². The van der Waals surface area contributed by atoms with Crippen LogP contribution in [0.3, 0.4) is 0 Å². The fourth-order valence-electron chi connectivity index (χ4n) is 0.727. The Hall–Kier alpha value is -1.25. The van der Waals surface area contributed by atoms with E-state index in [0.29, 0.717) is 5.75 Å². The van der Waals surface area contributed by atoms with E-state index in [1.54, 1.807) is 12.3 Å². The summed E-state index contributed by atoms with van der Waals surface area (Å²) >= 11 is 0. The van der Waals surface area contributed by atoms with Gasteiger partial charge in [-0.15, -0.1) is 0 Å². The predicted molar refractivity (Wildman–Crippen MR) is 41.7 cm³/mol. The van der Waals surface area contributed by atoms with Gasteiger partial charge < -0.3 is 9.84 Å². The van der Waals surface area contributed by atoms with Crippen molar-refractivity contribution < 1.29 is 9.84 Å². The maximum Gasteiger partial charge on any atom is 0.176 e. The van der Waals surface area contributed by atoms with Gasteiger partial charge in [0.1, 0.15) is 0 Å². The molecule has 0 aliphatic carbocycles. The highest BCUT2D eigenvalue weighted by atomic mass is 16.5. The molecule has 1 N–H and O–H groups in total. The van der Waals surface area contributed by atoms with E-state index in [2.05, 4.69) is 4.98 Å². The number of aromatic nitrogens is 1. The Labute approximate surface area is 65.7 Å². The lowest BCUT2D eigenvalue weighted by molar-refractivity contribution is 0.231. The zero-order valence-electron chi connectivity index (χ0n) is 6.61. The summed E-state index contributed by atoms with van der Waals surface area (Å²) in [6.45, 7) is 3.81. The minimum atomic E-state index is 0.0725. The third-order valence-corrected chi connectivity index (χ3v) is 1.12. The molecule has 0 saturated carbocycles. The highest BCUT2D eigenvalue weighted by molar-refractivity contribution is 5.34. The second-order valence-corrected chi connectivity index (χ2v) is 2.51. The van der Waals surface area contributed by atoms with Crippen LogP contribution in [0, 0.1) is 0 Å². The van der Waals surface area contributed by atoms with Gasteiger partial charge in [0.2, 0.25) is 0 Å². The van der Waals surface area contributed by atoms with Crippen LogP contribution in [0.15, 0.2) is 18.5 Å². The summed E-state index contributed by atoms with van der Waals surface area (Å²) in [5.74, 6) is 0.566. The van der Waals surface area contributed by atoms with Crippen LogP contribution >= 0.6 is 0 Å². The summed E-state index contributed by atoms with van der Waals surface area (Å²) in [6.07, 6.45) is 3.01. The molecule has 3 nitrogen and oxygen atoms in total. The summed E-state index contributed by atoms with van der Waals surface area (Å²) in [5.41, 5.74) is 0. The van der Waals surface area contributed by atoms with Gasteiger partial charge in [0.05, 0.1) is 12.3 Å². The molecule has 0 bridgehead atoms. The molecule has 0 aromatic carbocycles. The third kappa shape index (κ3) is 2.11. The van der Waals surface area contributed by atoms with Gasteiger partial charge in [-0.2, -0.15) is 0 Å². The summed E-state index contributed by atoms with van der Waals surface area (Å²) in [4.78, 5) is 3.72. The second kappa shape index (κ2) is 3.23. The van der Waals surface area contributed by atoms with Crippen LogP contribution in [0.1, 0.15) is 13.8 Å². The number of aromatic hydroxyl groups is 1. The number of pyridine rings is 1. The first-order valence-electron chi connectivity index (χ1n) is 3.50. The predicted octanol–water partition coefficient (Wildman–Crippen LogP) is 1.57. The largest absolute Gasteiger partial charge is 0.503 e. The Balaban J connectivity index is 2.78. The highest BCUT2D eigenvalue weighted by Gasteiger charge is 2.01. The first kappa shape index (κ1) is 7.85. The van der Waals surface area contributed by atoms with Gasteiger partial charge in [0.15, 0.2) is 11.5 Å². The molecule has 0 amide bonds. The van der Waals surface area contributed by atoms with Crippen molar-refractivity contribution in [1.82, 2.24) is 4.98 Å². The standard InChI is InChI=1S/C8H11NO2/c1-6(2)11-8-3-4-9-5-7(8)10/h3-6,10H,1-2H3. The van der Waals surface area contributed by atoms with Crippen molar-refractivity contribution in [2.24, 2.45) is 0 Å². The highest BCUT2D eigenvalue weighted by Crippen LogP contribution is 2.23. The third-order valence-electron chi connectivity index (χ3n) is 1.12. The van der Waals surface area contributed by atoms with Gasteiger partial charge in [-0.25, -0.2) is 0 Å². The molecule has 3 heteroatoms. The molecular formula is C8H11NO2. The quantitative estimate of drug-likeness (QED) is 0.701. The van der Waals surface area contributed by atoms with E-state index < -0.39 is 0 Å². The van der Waals surface area contributed by atoms with E-state index in [1.807, 2.05) is 13.8 Å². The van der Waals surface area contributed by atoms with Crippen LogP contribution in [0.5, 0.6) is 11.5 Å². The summed E-state index contributed by atoms with van der Waals surface area (Å²) in [7, 11) is 0. The van der Waals surface area contributed by atoms with Crippen LogP contribution in [-0.4, -0.2) is 16.2 Å². The van der Waals surface area contributed by atoms with Gasteiger partial charge in [-0.05, 0) is 13.8 Å². The number of hydrogen-bond acceptors (Lipinski definition) is 3. The summed E-state index contributed by atoms with van der Waals surface area (Å²) < 4.78 is 5.25. The van der Waals surface area contributed by atoms with Crippen LogP contribution in [0.2, 0.25) is 0 Å². The van der Waals surface area contributed by atoms with Crippen LogP contribution < -0.4 is 4.74 Å². The molecule has 1 aromatic heterocycles. The molecule has 0 atom stereocenters. The molecule has 0 radical (unpaired) electrons. The Morgan fingerprint density at radius 2 is 2.27 bits per heavy atom. The Morgan fingerprint density at radius 1 is 1.55 bits per heavy atom. The monoisotopic (exact) mass is 153 g/mol. The first-order chi connectivity index (χ1) is 5.20. The van der Waals surface area contributed by atoms with E-state index in [0.717, 1.165) is 0 Å². The number of nitrogens with zero attached hydrogens (tertiary/aromatic N) is 1. The fourth-order valence-corrected chi connectivity index (χ4v) is 0.727. The lowest BCUT2D eigenvalue weighted by Gasteiger charge is -2.09. The van der Waals surface area contributed by atoms with Crippen LogP contribution in [0.25, 0.3) is 0 Å². The van der Waals surface area contributed by atoms with Crippen molar-refractivity contribution in [1.29, 1.82) is 0 Å². The van der Waals surface area contributed by atoms with Gasteiger partial charge in [0, 0.05) is 12.3 Å². The van der Waals surface area contributed by atoms with Crippen LogP contribution in [0.4, 0.5) is 0 Å². The maximum atomic E-state index is 9.17. The van der Waals surface area contributed by atoms with Crippen LogP contribution in [-0.2, 0) is 0 Å². The average Bonchev–Trinajstić information content (AvgIpc) is 1.93. The summed E-state index contributed by atoms with van der Waals surface area (Å²) in [6, 6.07) is 1.63. The minimum absolute atomic E-state index is 0.0725. The summed E-state index contributed by atoms with van der Waals surface area (Å²) in [5, 5.41) is 9.17. The second-order valence-electron chi connectivity index (χ2n) is 2.51. The molecule has 11 heavy (non-hydrogen) atoms. The lowest BCUT2D eigenvalue weighted by atomic mass is 10.4. The Kier molecular flexibility index (Phi) is 2.31. The van der Waals surface area contributed by atoms with Crippen molar-refractivity contribution >= 4 is 0 Å². The molecule has 0 unspecified atom stereocenters. The van der Waals surface area contributed by atoms with Gasteiger partial charge in [-0.3, -0.25) is 4.98 Å². The molecule has 0 aliphatic heterocycles. The molecule has 1 rings (SSSR count). The van der Waals surface area contributed by atoms with Crippen molar-refractivity contribution in [2.75, 3.05) is 0 Å². The van der Waals surface area contributed by atoms with Crippen molar-refractivity contribution in [2.45, 2.75) is 20.0 Å². The SMILES string of the molecule is CC(C)Oc1ccncc1O. The maximum absolute atomic E-state index is 9.17.